The Morgan fingerprint density at radius 1 is 0.923 bits per heavy atom. The van der Waals surface area contributed by atoms with Crippen molar-refractivity contribution in [1.29, 1.82) is 0 Å². The first-order valence-electron chi connectivity index (χ1n) is 10.5. The molecule has 0 saturated heterocycles. The van der Waals surface area contributed by atoms with Gasteiger partial charge in [0.25, 0.3) is 0 Å². The van der Waals surface area contributed by atoms with Gasteiger partial charge < -0.3 is 9.47 Å². The molecule has 0 aromatic carbocycles. The molecule has 26 heavy (non-hydrogen) atoms. The van der Waals surface area contributed by atoms with Gasteiger partial charge in [-0.3, -0.25) is 0 Å². The van der Waals surface area contributed by atoms with Crippen molar-refractivity contribution in [1.82, 2.24) is 0 Å². The van der Waals surface area contributed by atoms with Gasteiger partial charge in [0.05, 0.1) is 12.5 Å². The van der Waals surface area contributed by atoms with E-state index in [2.05, 4.69) is 13.0 Å². The second-order valence-corrected chi connectivity index (χ2v) is 7.75. The molecule has 1 unspecified atom stereocenters. The van der Waals surface area contributed by atoms with Crippen LogP contribution in [0.3, 0.4) is 0 Å². The summed E-state index contributed by atoms with van der Waals surface area (Å²) < 4.78 is 12.1. The van der Waals surface area contributed by atoms with Gasteiger partial charge in [-0.15, -0.1) is 23.2 Å². The molecule has 0 aromatic heterocycles. The van der Waals surface area contributed by atoms with Crippen LogP contribution in [0.4, 0.5) is 0 Å². The highest BCUT2D eigenvalue weighted by atomic mass is 35.5. The highest BCUT2D eigenvalue weighted by molar-refractivity contribution is 6.20. The molecule has 0 aliphatic heterocycles. The Hall–Kier alpha value is -0.180. The number of ether oxygens (including phenoxy) is 2. The standard InChI is InChI=1S/C22H38Cl2O2/c1-3-5-6-7-8-9-10-11-12-13-16-25-21-17-20(18-23)14-15-22(21,19-24)26-4-2/h14,17H,3-13,15-16,18-19H2,1-2H3. The number of halogens is 2. The second-order valence-electron chi connectivity index (χ2n) is 7.22. The molecule has 152 valence electrons. The molecule has 0 saturated carbocycles. The van der Waals surface area contributed by atoms with Gasteiger partial charge in [-0.2, -0.15) is 0 Å². The van der Waals surface area contributed by atoms with Crippen LogP contribution in [0, 0.1) is 0 Å². The Morgan fingerprint density at radius 2 is 1.54 bits per heavy atom. The average molecular weight is 405 g/mol. The number of rotatable bonds is 16. The van der Waals surface area contributed by atoms with Crippen molar-refractivity contribution >= 4 is 23.2 Å². The number of allylic oxidation sites excluding steroid dienone is 2. The van der Waals surface area contributed by atoms with Crippen LogP contribution in [-0.4, -0.2) is 30.6 Å². The van der Waals surface area contributed by atoms with Gasteiger partial charge in [-0.1, -0.05) is 70.8 Å². The van der Waals surface area contributed by atoms with E-state index in [9.17, 15) is 0 Å². The van der Waals surface area contributed by atoms with Gasteiger partial charge in [0.2, 0.25) is 0 Å². The van der Waals surface area contributed by atoms with Gasteiger partial charge in [-0.25, -0.2) is 0 Å². The van der Waals surface area contributed by atoms with Crippen molar-refractivity contribution < 1.29 is 9.47 Å². The van der Waals surface area contributed by atoms with Crippen LogP contribution in [0.15, 0.2) is 23.5 Å². The van der Waals surface area contributed by atoms with E-state index < -0.39 is 5.60 Å². The molecular formula is C22H38Cl2O2. The van der Waals surface area contributed by atoms with Crippen molar-refractivity contribution in [3.63, 3.8) is 0 Å². The first kappa shape index (κ1) is 23.9. The molecule has 0 fully saturated rings. The van der Waals surface area contributed by atoms with Crippen molar-refractivity contribution in [3.05, 3.63) is 23.5 Å². The minimum absolute atomic E-state index is 0.400. The van der Waals surface area contributed by atoms with E-state index in [1.54, 1.807) is 0 Å². The summed E-state index contributed by atoms with van der Waals surface area (Å²) in [6, 6.07) is 0. The number of hydrogen-bond acceptors (Lipinski definition) is 2. The SMILES string of the molecule is CCCCCCCCCCCCOC1=CC(CCl)=CCC1(CCl)OCC. The minimum Gasteiger partial charge on any atom is -0.495 e. The fourth-order valence-electron chi connectivity index (χ4n) is 3.36. The van der Waals surface area contributed by atoms with Crippen LogP contribution in [0.2, 0.25) is 0 Å². The van der Waals surface area contributed by atoms with E-state index in [1.165, 1.54) is 57.8 Å². The third kappa shape index (κ3) is 8.67. The van der Waals surface area contributed by atoms with Crippen LogP contribution < -0.4 is 0 Å². The maximum absolute atomic E-state index is 6.24. The quantitative estimate of drug-likeness (QED) is 0.197. The Kier molecular flexibility index (Phi) is 13.6. The molecule has 0 N–H and O–H groups in total. The molecule has 2 nitrogen and oxygen atoms in total. The number of hydrogen-bond donors (Lipinski definition) is 0. The zero-order valence-corrected chi connectivity index (χ0v) is 18.3. The van der Waals surface area contributed by atoms with Crippen LogP contribution in [-0.2, 0) is 9.47 Å². The molecule has 4 heteroatoms. The summed E-state index contributed by atoms with van der Waals surface area (Å²) in [5, 5.41) is 0. The van der Waals surface area contributed by atoms with E-state index in [4.69, 9.17) is 32.7 Å². The highest BCUT2D eigenvalue weighted by Crippen LogP contribution is 2.34. The van der Waals surface area contributed by atoms with Crippen molar-refractivity contribution in [2.45, 2.75) is 90.1 Å². The zero-order valence-electron chi connectivity index (χ0n) is 16.8. The lowest BCUT2D eigenvalue weighted by atomic mass is 9.91. The smallest absolute Gasteiger partial charge is 0.142 e. The molecule has 1 aliphatic carbocycles. The van der Waals surface area contributed by atoms with Gasteiger partial charge in [-0.05, 0) is 25.0 Å². The number of alkyl halides is 2. The van der Waals surface area contributed by atoms with Gasteiger partial charge in [0.15, 0.2) is 0 Å². The highest BCUT2D eigenvalue weighted by Gasteiger charge is 2.37. The van der Waals surface area contributed by atoms with E-state index in [0.717, 1.165) is 30.8 Å². The van der Waals surface area contributed by atoms with Gasteiger partial charge >= 0.3 is 0 Å². The summed E-state index contributed by atoms with van der Waals surface area (Å²) in [4.78, 5) is 0. The molecule has 0 aromatic rings. The molecule has 1 rings (SSSR count). The predicted octanol–water partition coefficient (Wildman–Crippen LogP) is 7.39. The van der Waals surface area contributed by atoms with Crippen molar-refractivity contribution in [3.8, 4) is 0 Å². The summed E-state index contributed by atoms with van der Waals surface area (Å²) in [5.74, 6) is 1.75. The summed E-state index contributed by atoms with van der Waals surface area (Å²) in [7, 11) is 0. The third-order valence-electron chi connectivity index (χ3n) is 5.01. The molecular weight excluding hydrogens is 367 g/mol. The normalized spacial score (nSPS) is 20.0. The lowest BCUT2D eigenvalue weighted by molar-refractivity contribution is -0.0361. The second kappa shape index (κ2) is 14.8. The molecule has 0 heterocycles. The molecule has 0 radical (unpaired) electrons. The van der Waals surface area contributed by atoms with Gasteiger partial charge in [0.1, 0.15) is 11.4 Å². The Balaban J connectivity index is 2.24. The summed E-state index contributed by atoms with van der Waals surface area (Å²) in [6.07, 6.45) is 18.1. The molecule has 0 spiro atoms. The van der Waals surface area contributed by atoms with Crippen LogP contribution in [0.5, 0.6) is 0 Å². The maximum Gasteiger partial charge on any atom is 0.142 e. The zero-order chi connectivity index (χ0) is 19.1. The topological polar surface area (TPSA) is 18.5 Å². The minimum atomic E-state index is -0.523. The van der Waals surface area contributed by atoms with E-state index in [1.807, 2.05) is 13.0 Å². The lowest BCUT2D eigenvalue weighted by Crippen LogP contribution is -2.39. The predicted molar refractivity (Wildman–Crippen MR) is 114 cm³/mol. The molecule has 0 amide bonds. The Bertz CT molecular complexity index is 420. The fourth-order valence-corrected chi connectivity index (χ4v) is 3.86. The fraction of sp³-hybridized carbons (Fsp3) is 0.818. The Morgan fingerprint density at radius 3 is 2.08 bits per heavy atom. The third-order valence-corrected chi connectivity index (χ3v) is 5.75. The van der Waals surface area contributed by atoms with Crippen molar-refractivity contribution in [2.24, 2.45) is 0 Å². The van der Waals surface area contributed by atoms with Crippen LogP contribution in [0.25, 0.3) is 0 Å². The first-order chi connectivity index (χ1) is 12.7. The van der Waals surface area contributed by atoms with E-state index in [-0.39, 0.29) is 0 Å². The lowest BCUT2D eigenvalue weighted by Gasteiger charge is -2.35. The Labute approximate surface area is 171 Å². The van der Waals surface area contributed by atoms with Crippen LogP contribution >= 0.6 is 23.2 Å². The number of unbranched alkanes of at least 4 members (excludes halogenated alkanes) is 9. The first-order valence-corrected chi connectivity index (χ1v) is 11.6. The summed E-state index contributed by atoms with van der Waals surface area (Å²) >= 11 is 12.2. The maximum atomic E-state index is 6.24. The van der Waals surface area contributed by atoms with Crippen molar-refractivity contribution in [2.75, 3.05) is 25.0 Å². The average Bonchev–Trinajstić information content (AvgIpc) is 2.67. The monoisotopic (exact) mass is 404 g/mol. The van der Waals surface area contributed by atoms with E-state index >= 15 is 0 Å². The largest absolute Gasteiger partial charge is 0.495 e. The molecule has 1 atom stereocenters. The van der Waals surface area contributed by atoms with E-state index in [0.29, 0.717) is 18.4 Å². The summed E-state index contributed by atoms with van der Waals surface area (Å²) in [5.41, 5.74) is 0.565. The van der Waals surface area contributed by atoms with Crippen LogP contribution in [0.1, 0.15) is 84.5 Å². The summed E-state index contributed by atoms with van der Waals surface area (Å²) in [6.45, 7) is 5.61. The molecule has 1 aliphatic rings. The van der Waals surface area contributed by atoms with Gasteiger partial charge in [0, 0.05) is 18.9 Å². The molecule has 0 bridgehead atoms.